The molecule has 0 bridgehead atoms. The summed E-state index contributed by atoms with van der Waals surface area (Å²) in [5.74, 6) is 1.08. The Morgan fingerprint density at radius 3 is 3.05 bits per heavy atom. The third kappa shape index (κ3) is 2.62. The van der Waals surface area contributed by atoms with Gasteiger partial charge in [-0.05, 0) is 29.7 Å². The highest BCUT2D eigenvalue weighted by Gasteiger charge is 2.12. The minimum Gasteiger partial charge on any atom is -0.493 e. The number of ether oxygens (including phenoxy) is 1. The minimum atomic E-state index is 0.103. The lowest BCUT2D eigenvalue weighted by Gasteiger charge is -2.04. The van der Waals surface area contributed by atoms with Crippen molar-refractivity contribution in [1.82, 2.24) is 10.2 Å². The topological polar surface area (TPSA) is 52.1 Å². The maximum absolute atomic E-state index is 12.0. The molecule has 0 fully saturated rings. The summed E-state index contributed by atoms with van der Waals surface area (Å²) in [6, 6.07) is 7.87. The number of benzene rings is 1. The average Bonchev–Trinajstić information content (AvgIpc) is 2.93. The molecule has 0 aliphatic carbocycles. The monoisotopic (exact) mass is 254 g/mol. The number of rotatable bonds is 4. The molecule has 0 N–H and O–H groups in total. The smallest absolute Gasteiger partial charge is 0.164 e. The highest BCUT2D eigenvalue weighted by molar-refractivity contribution is 5.95. The number of aromatic nitrogens is 2. The molecule has 0 saturated carbocycles. The highest BCUT2D eigenvalue weighted by Crippen LogP contribution is 2.26. The second kappa shape index (κ2) is 5.18. The normalized spacial score (nSPS) is 12.8. The zero-order valence-electron chi connectivity index (χ0n) is 10.5. The number of carbonyl (C=O) groups excluding carboxylic acids is 1. The van der Waals surface area contributed by atoms with Crippen molar-refractivity contribution < 1.29 is 9.53 Å². The van der Waals surface area contributed by atoms with Gasteiger partial charge in [0.1, 0.15) is 5.75 Å². The van der Waals surface area contributed by atoms with Gasteiger partial charge < -0.3 is 4.74 Å². The summed E-state index contributed by atoms with van der Waals surface area (Å²) < 4.78 is 5.47. The molecule has 2 aromatic rings. The van der Waals surface area contributed by atoms with Crippen molar-refractivity contribution in [3.05, 3.63) is 53.3 Å². The minimum absolute atomic E-state index is 0.103. The Morgan fingerprint density at radius 2 is 2.21 bits per heavy atom. The molecule has 4 heteroatoms. The van der Waals surface area contributed by atoms with Crippen LogP contribution < -0.4 is 4.74 Å². The molecule has 96 valence electrons. The number of fused-ring (bicyclic) bond motifs is 1. The van der Waals surface area contributed by atoms with Gasteiger partial charge in [-0.15, -0.1) is 0 Å². The van der Waals surface area contributed by atoms with Gasteiger partial charge in [-0.2, -0.15) is 10.2 Å². The highest BCUT2D eigenvalue weighted by atomic mass is 16.5. The number of aryl methyl sites for hydroxylation is 1. The number of hydrogen-bond donors (Lipinski definition) is 0. The number of Topliss-reactive ketones (excluding diaryl/α,β-unsaturated/α-hetero) is 1. The van der Waals surface area contributed by atoms with Crippen LogP contribution in [0.3, 0.4) is 0 Å². The van der Waals surface area contributed by atoms with E-state index in [-0.39, 0.29) is 5.78 Å². The average molecular weight is 254 g/mol. The summed E-state index contributed by atoms with van der Waals surface area (Å²) in [6.45, 7) is 0.764. The number of hydrogen-bond acceptors (Lipinski definition) is 4. The SMILES string of the molecule is O=C(CCc1ccc2c(c1)CCO2)c1ccnnc1. The van der Waals surface area contributed by atoms with Crippen LogP contribution in [0.25, 0.3) is 0 Å². The Balaban J connectivity index is 1.65. The van der Waals surface area contributed by atoms with Crippen LogP contribution in [0.15, 0.2) is 36.7 Å². The van der Waals surface area contributed by atoms with E-state index in [2.05, 4.69) is 16.3 Å². The Hall–Kier alpha value is -2.23. The van der Waals surface area contributed by atoms with Crippen molar-refractivity contribution in [3.8, 4) is 5.75 Å². The lowest BCUT2D eigenvalue weighted by atomic mass is 10.0. The summed E-state index contributed by atoms with van der Waals surface area (Å²) in [6.07, 6.45) is 5.25. The molecule has 2 heterocycles. The fourth-order valence-corrected chi connectivity index (χ4v) is 2.25. The second-order valence-corrected chi connectivity index (χ2v) is 4.59. The van der Waals surface area contributed by atoms with E-state index >= 15 is 0 Å². The number of carbonyl (C=O) groups is 1. The molecule has 0 amide bonds. The number of nitrogens with zero attached hydrogens (tertiary/aromatic N) is 2. The van der Waals surface area contributed by atoms with E-state index in [0.29, 0.717) is 12.0 Å². The van der Waals surface area contributed by atoms with E-state index in [1.54, 1.807) is 12.3 Å². The first-order valence-electron chi connectivity index (χ1n) is 6.37. The van der Waals surface area contributed by atoms with Crippen LogP contribution in [0.1, 0.15) is 27.9 Å². The second-order valence-electron chi connectivity index (χ2n) is 4.59. The first-order chi connectivity index (χ1) is 9.33. The van der Waals surface area contributed by atoms with Crippen molar-refractivity contribution in [3.63, 3.8) is 0 Å². The zero-order chi connectivity index (χ0) is 13.1. The first kappa shape index (κ1) is 11.8. The molecule has 19 heavy (non-hydrogen) atoms. The van der Waals surface area contributed by atoms with Crippen molar-refractivity contribution in [2.24, 2.45) is 0 Å². The molecule has 1 aromatic heterocycles. The van der Waals surface area contributed by atoms with Gasteiger partial charge in [0.2, 0.25) is 0 Å². The molecule has 3 rings (SSSR count). The summed E-state index contributed by atoms with van der Waals surface area (Å²) in [5.41, 5.74) is 3.05. The summed E-state index contributed by atoms with van der Waals surface area (Å²) in [5, 5.41) is 7.39. The van der Waals surface area contributed by atoms with E-state index < -0.39 is 0 Å². The molecule has 1 aliphatic rings. The third-order valence-electron chi connectivity index (χ3n) is 3.30. The Kier molecular flexibility index (Phi) is 3.23. The lowest BCUT2D eigenvalue weighted by molar-refractivity contribution is 0.0982. The van der Waals surface area contributed by atoms with Gasteiger partial charge in [0.05, 0.1) is 19.0 Å². The largest absolute Gasteiger partial charge is 0.493 e. The van der Waals surface area contributed by atoms with Crippen LogP contribution in [-0.2, 0) is 12.8 Å². The molecular weight excluding hydrogens is 240 g/mol. The van der Waals surface area contributed by atoms with Crippen LogP contribution in [0.5, 0.6) is 5.75 Å². The van der Waals surface area contributed by atoms with Gasteiger partial charge in [-0.25, -0.2) is 0 Å². The summed E-state index contributed by atoms with van der Waals surface area (Å²) in [7, 11) is 0. The van der Waals surface area contributed by atoms with E-state index in [4.69, 9.17) is 4.74 Å². The Bertz CT molecular complexity index is 596. The standard InChI is InChI=1S/C15H14N2O2/c18-14(13-5-7-16-17-10-13)3-1-11-2-4-15-12(9-11)6-8-19-15/h2,4-5,7,9-10H,1,3,6,8H2. The van der Waals surface area contributed by atoms with Gasteiger partial charge in [-0.3, -0.25) is 4.79 Å². The predicted molar refractivity (Wildman–Crippen MR) is 70.3 cm³/mol. The molecule has 0 unspecified atom stereocenters. The molecule has 0 saturated heterocycles. The molecule has 1 aromatic carbocycles. The van der Waals surface area contributed by atoms with Crippen LogP contribution in [0.2, 0.25) is 0 Å². The summed E-state index contributed by atoms with van der Waals surface area (Å²) >= 11 is 0. The van der Waals surface area contributed by atoms with Crippen molar-refractivity contribution >= 4 is 5.78 Å². The number of ketones is 1. The van der Waals surface area contributed by atoms with Crippen LogP contribution >= 0.6 is 0 Å². The van der Waals surface area contributed by atoms with Crippen molar-refractivity contribution in [1.29, 1.82) is 0 Å². The fourth-order valence-electron chi connectivity index (χ4n) is 2.25. The van der Waals surface area contributed by atoms with E-state index in [1.807, 2.05) is 12.1 Å². The van der Waals surface area contributed by atoms with Crippen LogP contribution in [0.4, 0.5) is 0 Å². The van der Waals surface area contributed by atoms with Gasteiger partial charge in [0.15, 0.2) is 5.78 Å². The lowest BCUT2D eigenvalue weighted by Crippen LogP contribution is -2.02. The molecular formula is C15H14N2O2. The van der Waals surface area contributed by atoms with Crippen LogP contribution in [-0.4, -0.2) is 22.6 Å². The Morgan fingerprint density at radius 1 is 1.26 bits per heavy atom. The van der Waals surface area contributed by atoms with Crippen molar-refractivity contribution in [2.45, 2.75) is 19.3 Å². The molecule has 0 atom stereocenters. The van der Waals surface area contributed by atoms with Crippen LogP contribution in [0, 0.1) is 0 Å². The van der Waals surface area contributed by atoms with Gasteiger partial charge in [0.25, 0.3) is 0 Å². The first-order valence-corrected chi connectivity index (χ1v) is 6.37. The zero-order valence-corrected chi connectivity index (χ0v) is 10.5. The predicted octanol–water partition coefficient (Wildman–Crippen LogP) is 2.23. The maximum Gasteiger partial charge on any atom is 0.164 e. The fraction of sp³-hybridized carbons (Fsp3) is 0.267. The quantitative estimate of drug-likeness (QED) is 0.785. The van der Waals surface area contributed by atoms with Gasteiger partial charge in [-0.1, -0.05) is 12.1 Å². The van der Waals surface area contributed by atoms with Crippen molar-refractivity contribution in [2.75, 3.05) is 6.61 Å². The molecule has 1 aliphatic heterocycles. The van der Waals surface area contributed by atoms with E-state index in [1.165, 1.54) is 17.3 Å². The molecule has 4 nitrogen and oxygen atoms in total. The maximum atomic E-state index is 12.0. The third-order valence-corrected chi connectivity index (χ3v) is 3.30. The van der Waals surface area contributed by atoms with E-state index in [0.717, 1.165) is 25.2 Å². The summed E-state index contributed by atoms with van der Waals surface area (Å²) in [4.78, 5) is 12.0. The van der Waals surface area contributed by atoms with Gasteiger partial charge in [0, 0.05) is 18.4 Å². The van der Waals surface area contributed by atoms with Gasteiger partial charge >= 0.3 is 0 Å². The molecule has 0 spiro atoms. The van der Waals surface area contributed by atoms with E-state index in [9.17, 15) is 4.79 Å². The molecule has 0 radical (unpaired) electrons. The Labute approximate surface area is 111 Å².